The Kier molecular flexibility index (Phi) is 5.48. The predicted octanol–water partition coefficient (Wildman–Crippen LogP) is -0.314. The standard InChI is InChI=1S/C12H19N3O5/c1-3-8-11(19)14-9(16)6-15(8)12(20)13-7(2)4-5-10(17)18/h7-8H,3-6H2,1-2H3,(H,13,20)(H,17,18)(H,14,16,19). The van der Waals surface area contributed by atoms with Gasteiger partial charge in [0, 0.05) is 12.5 Å². The minimum atomic E-state index is -0.940. The van der Waals surface area contributed by atoms with Gasteiger partial charge in [0.15, 0.2) is 0 Å². The minimum absolute atomic E-state index is 0.0575. The van der Waals surface area contributed by atoms with Gasteiger partial charge in [-0.2, -0.15) is 0 Å². The Morgan fingerprint density at radius 2 is 2.15 bits per heavy atom. The van der Waals surface area contributed by atoms with E-state index >= 15 is 0 Å². The summed E-state index contributed by atoms with van der Waals surface area (Å²) in [4.78, 5) is 46.6. The van der Waals surface area contributed by atoms with Gasteiger partial charge in [0.25, 0.3) is 0 Å². The van der Waals surface area contributed by atoms with Crippen LogP contribution in [0.5, 0.6) is 0 Å². The van der Waals surface area contributed by atoms with Crippen LogP contribution in [0.3, 0.4) is 0 Å². The van der Waals surface area contributed by atoms with E-state index in [2.05, 4.69) is 10.6 Å². The first-order valence-electron chi connectivity index (χ1n) is 6.47. The van der Waals surface area contributed by atoms with E-state index in [-0.39, 0.29) is 25.4 Å². The molecule has 0 aromatic rings. The Hall–Kier alpha value is -2.12. The van der Waals surface area contributed by atoms with E-state index < -0.39 is 29.9 Å². The van der Waals surface area contributed by atoms with Crippen molar-refractivity contribution in [2.24, 2.45) is 0 Å². The minimum Gasteiger partial charge on any atom is -0.481 e. The van der Waals surface area contributed by atoms with Gasteiger partial charge >= 0.3 is 12.0 Å². The summed E-state index contributed by atoms with van der Waals surface area (Å²) < 4.78 is 0. The normalized spacial score (nSPS) is 20.3. The van der Waals surface area contributed by atoms with Gasteiger partial charge in [-0.3, -0.25) is 19.7 Å². The quantitative estimate of drug-likeness (QED) is 0.599. The summed E-state index contributed by atoms with van der Waals surface area (Å²) in [6.45, 7) is 3.24. The fourth-order valence-corrected chi connectivity index (χ4v) is 1.99. The maximum absolute atomic E-state index is 12.0. The molecule has 1 saturated heterocycles. The van der Waals surface area contributed by atoms with Crippen molar-refractivity contribution in [2.45, 2.75) is 45.2 Å². The smallest absolute Gasteiger partial charge is 0.318 e. The average molecular weight is 285 g/mol. The van der Waals surface area contributed by atoms with Gasteiger partial charge < -0.3 is 15.3 Å². The number of carbonyl (C=O) groups is 4. The predicted molar refractivity (Wildman–Crippen MR) is 68.8 cm³/mol. The summed E-state index contributed by atoms with van der Waals surface area (Å²) in [5.74, 6) is -1.95. The Morgan fingerprint density at radius 3 is 2.70 bits per heavy atom. The zero-order chi connectivity index (χ0) is 15.3. The largest absolute Gasteiger partial charge is 0.481 e. The van der Waals surface area contributed by atoms with E-state index in [4.69, 9.17) is 5.11 Å². The molecule has 8 heteroatoms. The van der Waals surface area contributed by atoms with Crippen molar-refractivity contribution in [3.8, 4) is 0 Å². The van der Waals surface area contributed by atoms with Crippen LogP contribution in [0, 0.1) is 0 Å². The lowest BCUT2D eigenvalue weighted by molar-refractivity contribution is -0.139. The van der Waals surface area contributed by atoms with E-state index in [0.29, 0.717) is 6.42 Å². The van der Waals surface area contributed by atoms with Crippen LogP contribution in [0.15, 0.2) is 0 Å². The van der Waals surface area contributed by atoms with Crippen LogP contribution in [0.4, 0.5) is 4.79 Å². The molecule has 1 aliphatic rings. The number of imide groups is 1. The Bertz CT molecular complexity index is 423. The highest BCUT2D eigenvalue weighted by Crippen LogP contribution is 2.10. The molecular weight excluding hydrogens is 266 g/mol. The van der Waals surface area contributed by atoms with Crippen LogP contribution >= 0.6 is 0 Å². The number of hydrogen-bond acceptors (Lipinski definition) is 4. The third-order valence-corrected chi connectivity index (χ3v) is 3.06. The number of carbonyl (C=O) groups excluding carboxylic acids is 3. The molecule has 1 heterocycles. The summed E-state index contributed by atoms with van der Waals surface area (Å²) in [6, 6.07) is -1.56. The zero-order valence-electron chi connectivity index (χ0n) is 11.5. The molecule has 1 rings (SSSR count). The van der Waals surface area contributed by atoms with Crippen molar-refractivity contribution < 1.29 is 24.3 Å². The molecule has 20 heavy (non-hydrogen) atoms. The van der Waals surface area contributed by atoms with Gasteiger partial charge in [0.05, 0.1) is 0 Å². The van der Waals surface area contributed by atoms with E-state index in [1.54, 1.807) is 13.8 Å². The van der Waals surface area contributed by atoms with Gasteiger partial charge in [-0.1, -0.05) is 6.92 Å². The van der Waals surface area contributed by atoms with Gasteiger partial charge in [-0.25, -0.2) is 4.79 Å². The molecule has 0 radical (unpaired) electrons. The Balaban J connectivity index is 2.61. The molecule has 0 aliphatic carbocycles. The fourth-order valence-electron chi connectivity index (χ4n) is 1.99. The van der Waals surface area contributed by atoms with E-state index in [0.717, 1.165) is 0 Å². The summed E-state index contributed by atoms with van der Waals surface area (Å²) in [7, 11) is 0. The first-order valence-corrected chi connectivity index (χ1v) is 6.47. The molecule has 0 aromatic carbocycles. The van der Waals surface area contributed by atoms with Crippen molar-refractivity contribution >= 4 is 23.8 Å². The highest BCUT2D eigenvalue weighted by Gasteiger charge is 2.35. The van der Waals surface area contributed by atoms with Crippen LogP contribution < -0.4 is 10.6 Å². The van der Waals surface area contributed by atoms with Crippen molar-refractivity contribution in [3.05, 3.63) is 0 Å². The summed E-state index contributed by atoms with van der Waals surface area (Å²) in [5.41, 5.74) is 0. The Morgan fingerprint density at radius 1 is 1.50 bits per heavy atom. The monoisotopic (exact) mass is 285 g/mol. The fraction of sp³-hybridized carbons (Fsp3) is 0.667. The van der Waals surface area contributed by atoms with Crippen LogP contribution in [0.25, 0.3) is 0 Å². The molecule has 2 unspecified atom stereocenters. The highest BCUT2D eigenvalue weighted by atomic mass is 16.4. The van der Waals surface area contributed by atoms with Crippen LogP contribution in [-0.4, -0.2) is 52.4 Å². The summed E-state index contributed by atoms with van der Waals surface area (Å²) >= 11 is 0. The van der Waals surface area contributed by atoms with Gasteiger partial charge in [0.1, 0.15) is 12.6 Å². The molecule has 112 valence electrons. The molecule has 0 aromatic heterocycles. The third-order valence-electron chi connectivity index (χ3n) is 3.06. The SMILES string of the molecule is CCC1C(=O)NC(=O)CN1C(=O)NC(C)CCC(=O)O. The number of piperazine rings is 1. The number of nitrogens with zero attached hydrogens (tertiary/aromatic N) is 1. The molecule has 2 atom stereocenters. The summed E-state index contributed by atoms with van der Waals surface area (Å²) in [5, 5.41) is 13.4. The lowest BCUT2D eigenvalue weighted by Crippen LogP contribution is -2.62. The molecule has 0 spiro atoms. The number of rotatable bonds is 5. The second-order valence-electron chi connectivity index (χ2n) is 4.75. The maximum Gasteiger partial charge on any atom is 0.318 e. The number of urea groups is 1. The lowest BCUT2D eigenvalue weighted by Gasteiger charge is -2.34. The first kappa shape index (κ1) is 15.9. The molecule has 3 N–H and O–H groups in total. The van der Waals surface area contributed by atoms with E-state index in [1.165, 1.54) is 4.90 Å². The van der Waals surface area contributed by atoms with E-state index in [1.807, 2.05) is 0 Å². The number of nitrogens with one attached hydrogen (secondary N) is 2. The van der Waals surface area contributed by atoms with Crippen molar-refractivity contribution in [1.82, 2.24) is 15.5 Å². The van der Waals surface area contributed by atoms with Gasteiger partial charge in [-0.05, 0) is 19.8 Å². The van der Waals surface area contributed by atoms with Crippen LogP contribution in [0.1, 0.15) is 33.1 Å². The number of hydrogen-bond donors (Lipinski definition) is 3. The zero-order valence-corrected chi connectivity index (χ0v) is 11.5. The van der Waals surface area contributed by atoms with Crippen molar-refractivity contribution in [1.29, 1.82) is 0 Å². The maximum atomic E-state index is 12.0. The molecule has 0 saturated carbocycles. The average Bonchev–Trinajstić information content (AvgIpc) is 2.35. The second kappa shape index (κ2) is 6.88. The highest BCUT2D eigenvalue weighted by molar-refractivity contribution is 6.04. The Labute approximate surface area is 116 Å². The molecular formula is C12H19N3O5. The molecule has 4 amide bonds. The molecule has 1 aliphatic heterocycles. The van der Waals surface area contributed by atoms with E-state index in [9.17, 15) is 19.2 Å². The summed E-state index contributed by atoms with van der Waals surface area (Å²) in [6.07, 6.45) is 0.625. The van der Waals surface area contributed by atoms with Crippen molar-refractivity contribution in [2.75, 3.05) is 6.54 Å². The van der Waals surface area contributed by atoms with Gasteiger partial charge in [0.2, 0.25) is 11.8 Å². The first-order chi connectivity index (χ1) is 9.35. The molecule has 8 nitrogen and oxygen atoms in total. The van der Waals surface area contributed by atoms with Crippen LogP contribution in [-0.2, 0) is 14.4 Å². The number of carboxylic acid groups (broad SMARTS) is 1. The molecule has 1 fully saturated rings. The van der Waals surface area contributed by atoms with Gasteiger partial charge in [-0.15, -0.1) is 0 Å². The van der Waals surface area contributed by atoms with Crippen molar-refractivity contribution in [3.63, 3.8) is 0 Å². The molecule has 0 bridgehead atoms. The number of carboxylic acids is 1. The lowest BCUT2D eigenvalue weighted by atomic mass is 10.1. The van der Waals surface area contributed by atoms with Crippen LogP contribution in [0.2, 0.25) is 0 Å². The topological polar surface area (TPSA) is 116 Å². The second-order valence-corrected chi connectivity index (χ2v) is 4.75. The number of aliphatic carboxylic acids is 1. The third kappa shape index (κ3) is 4.22. The number of amides is 4.